The molecule has 5 nitrogen and oxygen atoms in total. The molecule has 1 aromatic heterocycles. The van der Waals surface area contributed by atoms with Gasteiger partial charge in [-0.05, 0) is 24.1 Å². The number of fused-ring (bicyclic) bond motifs is 1. The summed E-state index contributed by atoms with van der Waals surface area (Å²) < 4.78 is 0. The Kier molecular flexibility index (Phi) is 4.08. The third-order valence-electron chi connectivity index (χ3n) is 3.36. The third kappa shape index (κ3) is 2.82. The Bertz CT molecular complexity index is 646. The predicted molar refractivity (Wildman–Crippen MR) is 78.4 cm³/mol. The largest absolute Gasteiger partial charge is 0.361 e. The van der Waals surface area contributed by atoms with E-state index in [2.05, 4.69) is 15.6 Å². The minimum absolute atomic E-state index is 0.192. The van der Waals surface area contributed by atoms with Crippen molar-refractivity contribution < 1.29 is 9.59 Å². The molecular formula is C15H19N3O2. The van der Waals surface area contributed by atoms with E-state index in [0.717, 1.165) is 22.0 Å². The van der Waals surface area contributed by atoms with Gasteiger partial charge in [0.15, 0.2) is 0 Å². The molecule has 0 saturated carbocycles. The number of hydrogen-bond donors (Lipinski definition) is 3. The van der Waals surface area contributed by atoms with Crippen LogP contribution in [0.25, 0.3) is 10.9 Å². The summed E-state index contributed by atoms with van der Waals surface area (Å²) in [6, 6.07) is 5.46. The van der Waals surface area contributed by atoms with Gasteiger partial charge in [-0.15, -0.1) is 0 Å². The van der Waals surface area contributed by atoms with Gasteiger partial charge < -0.3 is 15.6 Å². The molecule has 2 amide bonds. The lowest BCUT2D eigenvalue weighted by atomic mass is 10.0. The molecule has 1 atom stereocenters. The molecule has 0 saturated heterocycles. The molecule has 0 bridgehead atoms. The monoisotopic (exact) mass is 273 g/mol. The Morgan fingerprint density at radius 3 is 2.75 bits per heavy atom. The van der Waals surface area contributed by atoms with Gasteiger partial charge in [0.2, 0.25) is 11.8 Å². The fourth-order valence-electron chi connectivity index (χ4n) is 2.46. The number of rotatable bonds is 4. The zero-order valence-electron chi connectivity index (χ0n) is 11.9. The zero-order chi connectivity index (χ0) is 14.7. The molecule has 0 spiro atoms. The molecule has 106 valence electrons. The molecule has 2 rings (SSSR count). The maximum atomic E-state index is 11.9. The SMILES string of the molecule is CNC(=O)[C@H](Cc1c[nH]c2cccc(C)c12)NC(C)=O. The minimum atomic E-state index is -0.559. The van der Waals surface area contributed by atoms with Gasteiger partial charge in [0.1, 0.15) is 6.04 Å². The lowest BCUT2D eigenvalue weighted by Gasteiger charge is -2.16. The van der Waals surface area contributed by atoms with Gasteiger partial charge in [-0.25, -0.2) is 0 Å². The van der Waals surface area contributed by atoms with E-state index < -0.39 is 6.04 Å². The quantitative estimate of drug-likeness (QED) is 0.785. The Hall–Kier alpha value is -2.30. The van der Waals surface area contributed by atoms with Gasteiger partial charge >= 0.3 is 0 Å². The summed E-state index contributed by atoms with van der Waals surface area (Å²) in [5, 5.41) is 6.39. The van der Waals surface area contributed by atoms with Crippen LogP contribution in [0.5, 0.6) is 0 Å². The van der Waals surface area contributed by atoms with Crippen LogP contribution in [0.15, 0.2) is 24.4 Å². The molecule has 1 aromatic carbocycles. The highest BCUT2D eigenvalue weighted by Gasteiger charge is 2.20. The Balaban J connectivity index is 2.33. The molecule has 0 fully saturated rings. The van der Waals surface area contributed by atoms with Gasteiger partial charge in [0.05, 0.1) is 0 Å². The van der Waals surface area contributed by atoms with Crippen LogP contribution in [0.3, 0.4) is 0 Å². The van der Waals surface area contributed by atoms with Crippen LogP contribution in [-0.2, 0) is 16.0 Å². The topological polar surface area (TPSA) is 74.0 Å². The van der Waals surface area contributed by atoms with E-state index in [0.29, 0.717) is 6.42 Å². The standard InChI is InChI=1S/C15H19N3O2/c1-9-5-4-6-12-14(9)11(8-17-12)7-13(15(20)16-3)18-10(2)19/h4-6,8,13,17H,7H2,1-3H3,(H,16,20)(H,18,19)/t13-/m0/s1. The van der Waals surface area contributed by atoms with Crippen LogP contribution in [-0.4, -0.2) is 29.9 Å². The molecule has 0 aliphatic carbocycles. The second-order valence-corrected chi connectivity index (χ2v) is 4.88. The van der Waals surface area contributed by atoms with E-state index in [1.54, 1.807) is 7.05 Å². The van der Waals surface area contributed by atoms with Gasteiger partial charge in [0, 0.05) is 37.5 Å². The van der Waals surface area contributed by atoms with Crippen LogP contribution in [0.2, 0.25) is 0 Å². The van der Waals surface area contributed by atoms with Crippen molar-refractivity contribution in [3.63, 3.8) is 0 Å². The summed E-state index contributed by atoms with van der Waals surface area (Å²) in [5.74, 6) is -0.404. The summed E-state index contributed by atoms with van der Waals surface area (Å²) in [6.07, 6.45) is 2.36. The van der Waals surface area contributed by atoms with E-state index in [4.69, 9.17) is 0 Å². The first-order valence-electron chi connectivity index (χ1n) is 6.57. The number of benzene rings is 1. The van der Waals surface area contributed by atoms with Crippen molar-refractivity contribution in [3.8, 4) is 0 Å². The van der Waals surface area contributed by atoms with Crippen LogP contribution < -0.4 is 10.6 Å². The van der Waals surface area contributed by atoms with E-state index in [1.165, 1.54) is 6.92 Å². The van der Waals surface area contributed by atoms with Crippen molar-refractivity contribution >= 4 is 22.7 Å². The van der Waals surface area contributed by atoms with E-state index >= 15 is 0 Å². The van der Waals surface area contributed by atoms with Crippen LogP contribution in [0.4, 0.5) is 0 Å². The summed E-state index contributed by atoms with van der Waals surface area (Å²) in [7, 11) is 1.57. The predicted octanol–water partition coefficient (Wildman–Crippen LogP) is 1.27. The Morgan fingerprint density at radius 2 is 2.10 bits per heavy atom. The number of H-pyrrole nitrogens is 1. The lowest BCUT2D eigenvalue weighted by Crippen LogP contribution is -2.46. The Morgan fingerprint density at radius 1 is 1.35 bits per heavy atom. The maximum absolute atomic E-state index is 11.9. The molecule has 0 radical (unpaired) electrons. The highest BCUT2D eigenvalue weighted by molar-refractivity contribution is 5.90. The van der Waals surface area contributed by atoms with Crippen molar-refractivity contribution in [2.24, 2.45) is 0 Å². The number of nitrogens with one attached hydrogen (secondary N) is 3. The minimum Gasteiger partial charge on any atom is -0.361 e. The van der Waals surface area contributed by atoms with E-state index in [1.807, 2.05) is 31.3 Å². The highest BCUT2D eigenvalue weighted by Crippen LogP contribution is 2.23. The molecule has 1 heterocycles. The summed E-state index contributed by atoms with van der Waals surface area (Å²) in [4.78, 5) is 26.3. The number of amides is 2. The molecule has 0 aliphatic heterocycles. The van der Waals surface area contributed by atoms with Crippen molar-refractivity contribution in [1.29, 1.82) is 0 Å². The van der Waals surface area contributed by atoms with Crippen LogP contribution in [0.1, 0.15) is 18.1 Å². The number of hydrogen-bond acceptors (Lipinski definition) is 2. The number of carbonyl (C=O) groups excluding carboxylic acids is 2. The van der Waals surface area contributed by atoms with E-state index in [9.17, 15) is 9.59 Å². The molecule has 2 aromatic rings. The number of likely N-dealkylation sites (N-methyl/N-ethyl adjacent to an activating group) is 1. The average molecular weight is 273 g/mol. The lowest BCUT2D eigenvalue weighted by molar-refractivity contribution is -0.127. The summed E-state index contributed by atoms with van der Waals surface area (Å²) >= 11 is 0. The van der Waals surface area contributed by atoms with E-state index in [-0.39, 0.29) is 11.8 Å². The molecule has 0 unspecified atom stereocenters. The second kappa shape index (κ2) is 5.77. The second-order valence-electron chi connectivity index (χ2n) is 4.88. The first-order chi connectivity index (χ1) is 9.52. The van der Waals surface area contributed by atoms with Crippen LogP contribution in [0, 0.1) is 6.92 Å². The Labute approximate surface area is 117 Å². The van der Waals surface area contributed by atoms with Crippen molar-refractivity contribution in [2.45, 2.75) is 26.3 Å². The summed E-state index contributed by atoms with van der Waals surface area (Å²) in [5.41, 5.74) is 3.22. The van der Waals surface area contributed by atoms with Gasteiger partial charge in [-0.3, -0.25) is 9.59 Å². The van der Waals surface area contributed by atoms with Crippen LogP contribution >= 0.6 is 0 Å². The van der Waals surface area contributed by atoms with Gasteiger partial charge in [-0.1, -0.05) is 12.1 Å². The molecule has 5 heteroatoms. The first kappa shape index (κ1) is 14.1. The van der Waals surface area contributed by atoms with Crippen molar-refractivity contribution in [3.05, 3.63) is 35.5 Å². The summed E-state index contributed by atoms with van der Waals surface area (Å²) in [6.45, 7) is 3.45. The number of aromatic nitrogens is 1. The zero-order valence-corrected chi connectivity index (χ0v) is 11.9. The normalized spacial score (nSPS) is 12.2. The van der Waals surface area contributed by atoms with Gasteiger partial charge in [0.25, 0.3) is 0 Å². The number of carbonyl (C=O) groups is 2. The molecule has 20 heavy (non-hydrogen) atoms. The van der Waals surface area contributed by atoms with Crippen molar-refractivity contribution in [1.82, 2.24) is 15.6 Å². The molecule has 0 aliphatic rings. The number of aryl methyl sites for hydroxylation is 1. The highest BCUT2D eigenvalue weighted by atomic mass is 16.2. The first-order valence-corrected chi connectivity index (χ1v) is 6.57. The number of aromatic amines is 1. The molecule has 3 N–H and O–H groups in total. The van der Waals surface area contributed by atoms with Crippen molar-refractivity contribution in [2.75, 3.05) is 7.05 Å². The fraction of sp³-hybridized carbons (Fsp3) is 0.333. The van der Waals surface area contributed by atoms with Gasteiger partial charge in [-0.2, -0.15) is 0 Å². The third-order valence-corrected chi connectivity index (χ3v) is 3.36. The fourth-order valence-corrected chi connectivity index (χ4v) is 2.46. The smallest absolute Gasteiger partial charge is 0.242 e. The maximum Gasteiger partial charge on any atom is 0.242 e. The average Bonchev–Trinajstić information content (AvgIpc) is 2.81. The molecular weight excluding hydrogens is 254 g/mol.